The molecule has 0 aliphatic heterocycles. The molecule has 0 radical (unpaired) electrons. The average Bonchev–Trinajstić information content (AvgIpc) is 3.14. The molecule has 0 heterocycles. The van der Waals surface area contributed by atoms with Crippen LogP contribution in [0.4, 0.5) is 0 Å². The summed E-state index contributed by atoms with van der Waals surface area (Å²) < 4.78 is 22.1. The average molecular weight is 769 g/mol. The van der Waals surface area contributed by atoms with Crippen LogP contribution in [0.3, 0.4) is 0 Å². The minimum Gasteiger partial charge on any atom is -0.387 e. The number of phosphoric acid groups is 1. The highest BCUT2D eigenvalue weighted by molar-refractivity contribution is 7.47. The summed E-state index contributed by atoms with van der Waals surface area (Å²) in [7, 11) is -4.35. The molecule has 0 saturated carbocycles. The summed E-state index contributed by atoms with van der Waals surface area (Å²) in [6.45, 7) is 4.11. The first-order chi connectivity index (χ1) is 25.9. The van der Waals surface area contributed by atoms with Gasteiger partial charge in [0.2, 0.25) is 5.91 Å². The van der Waals surface area contributed by atoms with E-state index in [2.05, 4.69) is 43.5 Å². The molecule has 0 aliphatic rings. The second-order valence-corrected chi connectivity index (χ2v) is 16.3. The van der Waals surface area contributed by atoms with Crippen LogP contribution in [0.25, 0.3) is 0 Å². The fourth-order valence-electron chi connectivity index (χ4n) is 6.32. The molecule has 1 amide bonds. The summed E-state index contributed by atoms with van der Waals surface area (Å²) in [5, 5.41) is 13.6. The van der Waals surface area contributed by atoms with Crippen molar-refractivity contribution in [2.45, 2.75) is 219 Å². The van der Waals surface area contributed by atoms with Gasteiger partial charge in [-0.1, -0.05) is 179 Å². The predicted octanol–water partition coefficient (Wildman–Crippen LogP) is 12.3. The lowest BCUT2D eigenvalue weighted by molar-refractivity contribution is -0.123. The molecule has 0 aliphatic carbocycles. The van der Waals surface area contributed by atoms with Crippen LogP contribution in [0.2, 0.25) is 0 Å². The van der Waals surface area contributed by atoms with Gasteiger partial charge in [-0.3, -0.25) is 13.8 Å². The molecular weight excluding hydrogens is 683 g/mol. The van der Waals surface area contributed by atoms with Crippen molar-refractivity contribution < 1.29 is 28.4 Å². The van der Waals surface area contributed by atoms with E-state index < -0.39 is 20.0 Å². The van der Waals surface area contributed by atoms with Crippen molar-refractivity contribution >= 4 is 13.7 Å². The molecule has 0 aromatic carbocycles. The second-order valence-electron chi connectivity index (χ2n) is 14.9. The monoisotopic (exact) mass is 769 g/mol. The van der Waals surface area contributed by atoms with Gasteiger partial charge in [0.25, 0.3) is 0 Å². The van der Waals surface area contributed by atoms with Crippen LogP contribution in [-0.2, 0) is 18.4 Å². The maximum absolute atomic E-state index is 12.7. The topological polar surface area (TPSA) is 131 Å². The first-order valence-electron chi connectivity index (χ1n) is 22.1. The molecule has 0 aromatic heterocycles. The molecule has 9 heteroatoms. The summed E-state index contributed by atoms with van der Waals surface area (Å²) in [4.78, 5) is 22.7. The highest BCUT2D eigenvalue weighted by atomic mass is 31.2. The Balaban J connectivity index is 4.27. The first kappa shape index (κ1) is 51.7. The number of aliphatic hydroxyl groups excluding tert-OH is 1. The number of carbonyl (C=O) groups excluding carboxylic acids is 1. The molecule has 0 rings (SSSR count). The van der Waals surface area contributed by atoms with Crippen LogP contribution in [0, 0.1) is 0 Å². The van der Waals surface area contributed by atoms with E-state index >= 15 is 0 Å². The number of nitrogens with two attached hydrogens (primary N) is 1. The van der Waals surface area contributed by atoms with E-state index in [4.69, 9.17) is 14.8 Å². The number of unbranched alkanes of at least 4 members (excludes halogenated alkanes) is 25. The SMILES string of the molecule is CCCCCCCCC/C=C\CCCCCCCC(=O)NC(COP(=O)(O)OCCN)C(O)/C=C/CC/C=C/CCCCCCCCCCCCCC. The fourth-order valence-corrected chi connectivity index (χ4v) is 7.08. The van der Waals surface area contributed by atoms with Crippen LogP contribution in [-0.4, -0.2) is 47.8 Å². The van der Waals surface area contributed by atoms with Crippen molar-refractivity contribution in [1.29, 1.82) is 0 Å². The van der Waals surface area contributed by atoms with Gasteiger partial charge in [0.1, 0.15) is 0 Å². The van der Waals surface area contributed by atoms with E-state index in [-0.39, 0.29) is 25.7 Å². The second kappa shape index (κ2) is 40.4. The highest BCUT2D eigenvalue weighted by Gasteiger charge is 2.26. The van der Waals surface area contributed by atoms with Gasteiger partial charge in [0.05, 0.1) is 25.4 Å². The Morgan fingerprint density at radius 2 is 1.00 bits per heavy atom. The number of rotatable bonds is 41. The number of phosphoric ester groups is 1. The van der Waals surface area contributed by atoms with E-state index in [0.29, 0.717) is 6.42 Å². The third-order valence-electron chi connectivity index (χ3n) is 9.69. The summed E-state index contributed by atoms with van der Waals surface area (Å²) in [5.74, 6) is -0.212. The van der Waals surface area contributed by atoms with Crippen LogP contribution >= 0.6 is 7.82 Å². The molecule has 5 N–H and O–H groups in total. The van der Waals surface area contributed by atoms with E-state index in [1.807, 2.05) is 6.08 Å². The smallest absolute Gasteiger partial charge is 0.387 e. The number of aliphatic hydroxyl groups is 1. The minimum atomic E-state index is -4.35. The van der Waals surface area contributed by atoms with Crippen molar-refractivity contribution in [1.82, 2.24) is 5.32 Å². The van der Waals surface area contributed by atoms with Gasteiger partial charge in [0, 0.05) is 13.0 Å². The van der Waals surface area contributed by atoms with Crippen molar-refractivity contribution in [2.24, 2.45) is 5.73 Å². The zero-order valence-electron chi connectivity index (χ0n) is 34.5. The molecule has 312 valence electrons. The molecule has 0 fully saturated rings. The van der Waals surface area contributed by atoms with Gasteiger partial charge in [-0.25, -0.2) is 4.57 Å². The number of allylic oxidation sites excluding steroid dienone is 5. The molecule has 0 bridgehead atoms. The molecule has 0 aromatic rings. The van der Waals surface area contributed by atoms with Crippen molar-refractivity contribution in [3.63, 3.8) is 0 Å². The zero-order valence-corrected chi connectivity index (χ0v) is 35.4. The zero-order chi connectivity index (χ0) is 38.9. The van der Waals surface area contributed by atoms with Crippen LogP contribution in [0.5, 0.6) is 0 Å². The number of amides is 1. The lowest BCUT2D eigenvalue weighted by atomic mass is 10.0. The molecule has 0 spiro atoms. The van der Waals surface area contributed by atoms with Gasteiger partial charge >= 0.3 is 7.82 Å². The summed E-state index contributed by atoms with van der Waals surface area (Å²) in [6, 6.07) is -0.880. The number of carbonyl (C=O) groups is 1. The van der Waals surface area contributed by atoms with Crippen molar-refractivity contribution in [2.75, 3.05) is 19.8 Å². The van der Waals surface area contributed by atoms with Crippen LogP contribution in [0.1, 0.15) is 206 Å². The summed E-state index contributed by atoms with van der Waals surface area (Å²) >= 11 is 0. The molecule has 3 unspecified atom stereocenters. The number of hydrogen-bond acceptors (Lipinski definition) is 6. The van der Waals surface area contributed by atoms with Gasteiger partial charge in [-0.15, -0.1) is 0 Å². The summed E-state index contributed by atoms with van der Waals surface area (Å²) in [6.07, 6.45) is 47.7. The molecule has 53 heavy (non-hydrogen) atoms. The maximum Gasteiger partial charge on any atom is 0.472 e. The van der Waals surface area contributed by atoms with Gasteiger partial charge in [0.15, 0.2) is 0 Å². The summed E-state index contributed by atoms with van der Waals surface area (Å²) in [5.41, 5.74) is 5.37. The van der Waals surface area contributed by atoms with E-state index in [9.17, 15) is 19.4 Å². The maximum atomic E-state index is 12.7. The quantitative estimate of drug-likeness (QED) is 0.0277. The van der Waals surface area contributed by atoms with Crippen molar-refractivity contribution in [3.8, 4) is 0 Å². The van der Waals surface area contributed by atoms with E-state index in [1.54, 1.807) is 6.08 Å². The number of hydrogen-bond donors (Lipinski definition) is 4. The normalized spacial score (nSPS) is 14.4. The Morgan fingerprint density at radius 1 is 0.604 bits per heavy atom. The van der Waals surface area contributed by atoms with Crippen LogP contribution < -0.4 is 11.1 Å². The third-order valence-corrected chi connectivity index (χ3v) is 10.7. The highest BCUT2D eigenvalue weighted by Crippen LogP contribution is 2.43. The Kier molecular flexibility index (Phi) is 39.4. The third kappa shape index (κ3) is 38.8. The molecular formula is C44H85N2O6P. The Labute approximate surface area is 327 Å². The Hall–Kier alpha value is -1.28. The first-order valence-corrected chi connectivity index (χ1v) is 23.6. The largest absolute Gasteiger partial charge is 0.472 e. The Bertz CT molecular complexity index is 928. The molecule has 0 saturated heterocycles. The Morgan fingerprint density at radius 3 is 1.45 bits per heavy atom. The van der Waals surface area contributed by atoms with Crippen LogP contribution in [0.15, 0.2) is 36.5 Å². The van der Waals surface area contributed by atoms with Crippen molar-refractivity contribution in [3.05, 3.63) is 36.5 Å². The fraction of sp³-hybridized carbons (Fsp3) is 0.841. The van der Waals surface area contributed by atoms with E-state index in [0.717, 1.165) is 51.4 Å². The van der Waals surface area contributed by atoms with E-state index in [1.165, 1.54) is 135 Å². The molecule has 3 atom stereocenters. The van der Waals surface area contributed by atoms with Gasteiger partial charge in [-0.2, -0.15) is 0 Å². The predicted molar refractivity (Wildman–Crippen MR) is 226 cm³/mol. The molecule has 8 nitrogen and oxygen atoms in total. The lowest BCUT2D eigenvalue weighted by Crippen LogP contribution is -2.45. The standard InChI is InChI=1S/C44H85N2O6P/c1-3-5-7-9-11-13-15-17-19-21-22-23-25-27-29-31-33-35-37-43(47)42(41-52-53(49,50)51-40-39-45)46-44(48)38-36-34-32-30-28-26-24-20-18-16-14-12-10-8-6-4-2/h20,24,27,29,35,37,42-43,47H,3-19,21-23,25-26,28,30-34,36,38-41,45H2,1-2H3,(H,46,48)(H,49,50)/b24-20-,29-27+,37-35+. The number of nitrogens with one attached hydrogen (secondary N) is 1. The minimum absolute atomic E-state index is 0.0727. The van der Waals surface area contributed by atoms with Gasteiger partial charge in [-0.05, 0) is 57.8 Å². The lowest BCUT2D eigenvalue weighted by Gasteiger charge is -2.23. The van der Waals surface area contributed by atoms with Gasteiger partial charge < -0.3 is 21.1 Å².